The van der Waals surface area contributed by atoms with Crippen LogP contribution in [0, 0.1) is 0 Å². The molecule has 1 N–H and O–H groups in total. The molecule has 0 aliphatic rings. The molecule has 0 bridgehead atoms. The molecule has 0 fully saturated rings. The molecule has 0 aliphatic carbocycles. The van der Waals surface area contributed by atoms with E-state index in [1.165, 1.54) is 49.4 Å². The van der Waals surface area contributed by atoms with Crippen LogP contribution in [0.25, 0.3) is 5.69 Å². The number of nitrogens with one attached hydrogen (secondary N) is 1. The van der Waals surface area contributed by atoms with Gasteiger partial charge in [0.25, 0.3) is 10.0 Å². The maximum atomic E-state index is 12.6. The van der Waals surface area contributed by atoms with E-state index in [0.717, 1.165) is 0 Å². The minimum absolute atomic E-state index is 0.0919. The van der Waals surface area contributed by atoms with E-state index in [0.29, 0.717) is 11.6 Å². The Labute approximate surface area is 144 Å². The third-order valence-corrected chi connectivity index (χ3v) is 4.70. The van der Waals surface area contributed by atoms with Gasteiger partial charge in [-0.3, -0.25) is 4.72 Å². The number of ether oxygens (including phenoxy) is 2. The third kappa shape index (κ3) is 3.53. The summed E-state index contributed by atoms with van der Waals surface area (Å²) in [4.78, 5) is 4.14. The van der Waals surface area contributed by atoms with Crippen LogP contribution in [0.3, 0.4) is 0 Å². The highest BCUT2D eigenvalue weighted by Gasteiger charge is 2.18. The fourth-order valence-electron chi connectivity index (χ4n) is 2.10. The number of anilines is 1. The maximum Gasteiger partial charge on any atom is 0.262 e. The largest absolute Gasteiger partial charge is 0.481 e. The van der Waals surface area contributed by atoms with E-state index in [2.05, 4.69) is 20.0 Å². The van der Waals surface area contributed by atoms with Gasteiger partial charge in [0.05, 0.1) is 37.2 Å². The summed E-state index contributed by atoms with van der Waals surface area (Å²) in [7, 11) is -0.951. The number of rotatable bonds is 6. The van der Waals surface area contributed by atoms with Crippen LogP contribution in [0.2, 0.25) is 0 Å². The number of nitrogens with zero attached hydrogens (tertiary/aromatic N) is 4. The molecule has 0 radical (unpaired) electrons. The first kappa shape index (κ1) is 16.7. The zero-order valence-electron chi connectivity index (χ0n) is 13.4. The molecule has 0 aliphatic heterocycles. The van der Waals surface area contributed by atoms with E-state index in [-0.39, 0.29) is 16.5 Å². The van der Waals surface area contributed by atoms with Gasteiger partial charge in [0.2, 0.25) is 11.8 Å². The van der Waals surface area contributed by atoms with Gasteiger partial charge < -0.3 is 9.47 Å². The maximum absolute atomic E-state index is 12.6. The van der Waals surface area contributed by atoms with Crippen LogP contribution < -0.4 is 14.2 Å². The molecule has 130 valence electrons. The smallest absolute Gasteiger partial charge is 0.262 e. The number of aromatic nitrogens is 4. The molecular formula is C15H15N5O4S. The SMILES string of the molecule is COc1ccc(NS(=O)(=O)c2ccc(-n3ccnn3)cc2)c(OC)n1. The Kier molecular flexibility index (Phi) is 4.52. The van der Waals surface area contributed by atoms with E-state index in [9.17, 15) is 8.42 Å². The molecule has 3 rings (SSSR count). The van der Waals surface area contributed by atoms with Gasteiger partial charge in [0, 0.05) is 6.07 Å². The van der Waals surface area contributed by atoms with E-state index in [1.54, 1.807) is 18.3 Å². The van der Waals surface area contributed by atoms with Crippen LogP contribution in [0.5, 0.6) is 11.8 Å². The standard InChI is InChI=1S/C15H15N5O4S/c1-23-14-8-7-13(15(17-14)24-2)18-25(21,22)12-5-3-11(4-6-12)20-10-9-16-19-20/h3-10,18H,1-2H3. The Hall–Kier alpha value is -3.14. The van der Waals surface area contributed by atoms with Crippen LogP contribution >= 0.6 is 0 Å². The van der Waals surface area contributed by atoms with Gasteiger partial charge in [0.1, 0.15) is 5.69 Å². The van der Waals surface area contributed by atoms with Gasteiger partial charge in [-0.15, -0.1) is 5.10 Å². The van der Waals surface area contributed by atoms with E-state index in [1.807, 2.05) is 0 Å². The summed E-state index contributed by atoms with van der Waals surface area (Å²) in [5.74, 6) is 0.430. The predicted octanol–water partition coefficient (Wildman–Crippen LogP) is 1.48. The molecule has 0 atom stereocenters. The van der Waals surface area contributed by atoms with Crippen molar-refractivity contribution in [1.82, 2.24) is 20.0 Å². The van der Waals surface area contributed by atoms with Crippen LogP contribution in [-0.2, 0) is 10.0 Å². The van der Waals surface area contributed by atoms with Gasteiger partial charge >= 0.3 is 0 Å². The summed E-state index contributed by atoms with van der Waals surface area (Å²) in [6.07, 6.45) is 3.20. The summed E-state index contributed by atoms with van der Waals surface area (Å²) in [5.41, 5.74) is 0.906. The Balaban J connectivity index is 1.87. The number of hydrogen-bond acceptors (Lipinski definition) is 7. The summed E-state index contributed by atoms with van der Waals surface area (Å²) >= 11 is 0. The van der Waals surface area contributed by atoms with Gasteiger partial charge in [-0.2, -0.15) is 4.98 Å². The van der Waals surface area contributed by atoms with Crippen molar-refractivity contribution in [2.24, 2.45) is 0 Å². The second-order valence-corrected chi connectivity index (χ2v) is 6.54. The summed E-state index contributed by atoms with van der Waals surface area (Å²) in [5, 5.41) is 7.56. The zero-order valence-corrected chi connectivity index (χ0v) is 14.3. The molecule has 0 saturated heterocycles. The lowest BCUT2D eigenvalue weighted by atomic mass is 10.3. The quantitative estimate of drug-likeness (QED) is 0.708. The van der Waals surface area contributed by atoms with Crippen molar-refractivity contribution in [3.63, 3.8) is 0 Å². The molecule has 0 saturated carbocycles. The fraction of sp³-hybridized carbons (Fsp3) is 0.133. The first-order chi connectivity index (χ1) is 12.0. The highest BCUT2D eigenvalue weighted by atomic mass is 32.2. The third-order valence-electron chi connectivity index (χ3n) is 3.32. The average molecular weight is 361 g/mol. The molecule has 0 amide bonds. The van der Waals surface area contributed by atoms with E-state index < -0.39 is 10.0 Å². The van der Waals surface area contributed by atoms with Gasteiger partial charge in [-0.1, -0.05) is 5.21 Å². The Morgan fingerprint density at radius 3 is 2.40 bits per heavy atom. The van der Waals surface area contributed by atoms with Crippen molar-refractivity contribution >= 4 is 15.7 Å². The molecule has 10 heteroatoms. The molecular weight excluding hydrogens is 346 g/mol. The fourth-order valence-corrected chi connectivity index (χ4v) is 3.16. The highest BCUT2D eigenvalue weighted by molar-refractivity contribution is 7.92. The Morgan fingerprint density at radius 2 is 1.80 bits per heavy atom. The lowest BCUT2D eigenvalue weighted by molar-refractivity contribution is 0.366. The number of pyridine rings is 1. The minimum Gasteiger partial charge on any atom is -0.481 e. The molecule has 3 aromatic rings. The van der Waals surface area contributed by atoms with Crippen molar-refractivity contribution in [3.8, 4) is 17.4 Å². The van der Waals surface area contributed by atoms with Crippen LogP contribution in [-0.4, -0.2) is 42.6 Å². The normalized spacial score (nSPS) is 11.1. The van der Waals surface area contributed by atoms with Crippen LogP contribution in [0.15, 0.2) is 53.7 Å². The lowest BCUT2D eigenvalue weighted by Gasteiger charge is -2.12. The number of benzene rings is 1. The van der Waals surface area contributed by atoms with Gasteiger partial charge in [0.15, 0.2) is 0 Å². The molecule has 2 aromatic heterocycles. The number of hydrogen-bond donors (Lipinski definition) is 1. The number of sulfonamides is 1. The van der Waals surface area contributed by atoms with Crippen molar-refractivity contribution in [2.45, 2.75) is 4.90 Å². The van der Waals surface area contributed by atoms with E-state index in [4.69, 9.17) is 9.47 Å². The summed E-state index contributed by atoms with van der Waals surface area (Å²) < 4.78 is 39.2. The minimum atomic E-state index is -3.81. The topological polar surface area (TPSA) is 108 Å². The second-order valence-electron chi connectivity index (χ2n) is 4.86. The van der Waals surface area contributed by atoms with Gasteiger partial charge in [-0.25, -0.2) is 13.1 Å². The van der Waals surface area contributed by atoms with Crippen molar-refractivity contribution < 1.29 is 17.9 Å². The second kappa shape index (κ2) is 6.77. The molecule has 25 heavy (non-hydrogen) atoms. The summed E-state index contributed by atoms with van der Waals surface area (Å²) in [6, 6.07) is 9.27. The van der Waals surface area contributed by atoms with E-state index >= 15 is 0 Å². The van der Waals surface area contributed by atoms with Crippen molar-refractivity contribution in [3.05, 3.63) is 48.8 Å². The molecule has 2 heterocycles. The van der Waals surface area contributed by atoms with Crippen molar-refractivity contribution in [2.75, 3.05) is 18.9 Å². The molecule has 9 nitrogen and oxygen atoms in total. The predicted molar refractivity (Wildman–Crippen MR) is 89.5 cm³/mol. The molecule has 1 aromatic carbocycles. The van der Waals surface area contributed by atoms with Crippen molar-refractivity contribution in [1.29, 1.82) is 0 Å². The molecule has 0 spiro atoms. The number of methoxy groups -OCH3 is 2. The first-order valence-corrected chi connectivity index (χ1v) is 8.60. The lowest BCUT2D eigenvalue weighted by Crippen LogP contribution is -2.14. The van der Waals surface area contributed by atoms with Crippen LogP contribution in [0.4, 0.5) is 5.69 Å². The van der Waals surface area contributed by atoms with Crippen LogP contribution in [0.1, 0.15) is 0 Å². The highest BCUT2D eigenvalue weighted by Crippen LogP contribution is 2.27. The molecule has 0 unspecified atom stereocenters. The Morgan fingerprint density at radius 1 is 1.04 bits per heavy atom. The monoisotopic (exact) mass is 361 g/mol. The van der Waals surface area contributed by atoms with Gasteiger partial charge in [-0.05, 0) is 30.3 Å². The zero-order chi connectivity index (χ0) is 17.9. The first-order valence-electron chi connectivity index (χ1n) is 7.12. The average Bonchev–Trinajstić information content (AvgIpc) is 3.16. The Bertz CT molecular complexity index is 956. The summed E-state index contributed by atoms with van der Waals surface area (Å²) in [6.45, 7) is 0.